The fraction of sp³-hybridized carbons (Fsp3) is 0.632. The van der Waals surface area contributed by atoms with Crippen LogP contribution >= 0.6 is 0 Å². The second kappa shape index (κ2) is 9.99. The lowest BCUT2D eigenvalue weighted by Crippen LogP contribution is -2.48. The van der Waals surface area contributed by atoms with Gasteiger partial charge in [0.05, 0.1) is 6.61 Å². The molecule has 1 aliphatic heterocycles. The van der Waals surface area contributed by atoms with Crippen LogP contribution in [-0.2, 0) is 11.3 Å². The van der Waals surface area contributed by atoms with Gasteiger partial charge < -0.3 is 19.9 Å². The summed E-state index contributed by atoms with van der Waals surface area (Å²) >= 11 is 0. The van der Waals surface area contributed by atoms with Crippen molar-refractivity contribution in [3.63, 3.8) is 0 Å². The fourth-order valence-electron chi connectivity index (χ4n) is 3.18. The number of amides is 3. The third-order valence-corrected chi connectivity index (χ3v) is 4.75. The van der Waals surface area contributed by atoms with Crippen molar-refractivity contribution >= 4 is 11.9 Å². The summed E-state index contributed by atoms with van der Waals surface area (Å²) in [5.41, 5.74) is 0.872. The first-order valence-corrected chi connectivity index (χ1v) is 9.48. The molecule has 0 atom stereocenters. The zero-order valence-corrected chi connectivity index (χ0v) is 16.0. The summed E-state index contributed by atoms with van der Waals surface area (Å²) in [6, 6.07) is 3.82. The lowest BCUT2D eigenvalue weighted by atomic mass is 9.96. The van der Waals surface area contributed by atoms with Crippen molar-refractivity contribution in [3.8, 4) is 5.88 Å². The van der Waals surface area contributed by atoms with Gasteiger partial charge in [0, 0.05) is 50.4 Å². The van der Waals surface area contributed by atoms with E-state index in [0.717, 1.165) is 5.56 Å². The standard InChI is InChI=1S/C19H30N4O3/c1-4-22(5-2)19(25)23-12-9-15(10-13-23)17(24)21-14-16-8-7-11-20-18(16)26-6-3/h7-8,11,15H,4-6,9-10,12-14H2,1-3H3,(H,21,24). The molecule has 3 amide bonds. The van der Waals surface area contributed by atoms with Crippen molar-refractivity contribution in [2.75, 3.05) is 32.8 Å². The van der Waals surface area contributed by atoms with Gasteiger partial charge in [0.25, 0.3) is 0 Å². The van der Waals surface area contributed by atoms with Gasteiger partial charge in [0.15, 0.2) is 0 Å². The van der Waals surface area contributed by atoms with Gasteiger partial charge in [-0.1, -0.05) is 6.07 Å². The molecule has 26 heavy (non-hydrogen) atoms. The van der Waals surface area contributed by atoms with E-state index >= 15 is 0 Å². The van der Waals surface area contributed by atoms with Crippen LogP contribution in [0.15, 0.2) is 18.3 Å². The Morgan fingerprint density at radius 3 is 2.58 bits per heavy atom. The molecule has 1 fully saturated rings. The van der Waals surface area contributed by atoms with Crippen molar-refractivity contribution in [3.05, 3.63) is 23.9 Å². The van der Waals surface area contributed by atoms with E-state index in [0.29, 0.717) is 58.1 Å². The van der Waals surface area contributed by atoms with Gasteiger partial charge in [0.2, 0.25) is 11.8 Å². The third kappa shape index (κ3) is 5.09. The Labute approximate surface area is 155 Å². The van der Waals surface area contributed by atoms with E-state index in [1.54, 1.807) is 6.20 Å². The Kier molecular flexibility index (Phi) is 7.69. The number of piperidine rings is 1. The van der Waals surface area contributed by atoms with Crippen molar-refractivity contribution in [2.45, 2.75) is 40.2 Å². The van der Waals surface area contributed by atoms with E-state index in [-0.39, 0.29) is 17.9 Å². The average Bonchev–Trinajstić information content (AvgIpc) is 2.68. The fourth-order valence-corrected chi connectivity index (χ4v) is 3.18. The Morgan fingerprint density at radius 1 is 1.27 bits per heavy atom. The van der Waals surface area contributed by atoms with Crippen molar-refractivity contribution in [1.29, 1.82) is 0 Å². The molecule has 2 rings (SSSR count). The Bertz CT molecular complexity index is 596. The van der Waals surface area contributed by atoms with Crippen LogP contribution in [0.3, 0.4) is 0 Å². The van der Waals surface area contributed by atoms with Crippen LogP contribution in [0, 0.1) is 5.92 Å². The number of aromatic nitrogens is 1. The number of pyridine rings is 1. The second-order valence-electron chi connectivity index (χ2n) is 6.33. The number of ether oxygens (including phenoxy) is 1. The molecule has 1 N–H and O–H groups in total. The first-order valence-electron chi connectivity index (χ1n) is 9.48. The highest BCUT2D eigenvalue weighted by molar-refractivity contribution is 5.79. The number of rotatable bonds is 7. The molecule has 1 saturated heterocycles. The van der Waals surface area contributed by atoms with Crippen LogP contribution < -0.4 is 10.1 Å². The normalized spacial score (nSPS) is 14.8. The molecule has 0 aliphatic carbocycles. The lowest BCUT2D eigenvalue weighted by molar-refractivity contribution is -0.126. The largest absolute Gasteiger partial charge is 0.478 e. The summed E-state index contributed by atoms with van der Waals surface area (Å²) in [6.07, 6.45) is 3.08. The third-order valence-electron chi connectivity index (χ3n) is 4.75. The summed E-state index contributed by atoms with van der Waals surface area (Å²) in [6.45, 7) is 9.50. The monoisotopic (exact) mass is 362 g/mol. The maximum Gasteiger partial charge on any atom is 0.319 e. The molecule has 1 aromatic rings. The van der Waals surface area contributed by atoms with Crippen molar-refractivity contribution < 1.29 is 14.3 Å². The lowest BCUT2D eigenvalue weighted by Gasteiger charge is -2.34. The molecule has 1 aliphatic rings. The highest BCUT2D eigenvalue weighted by atomic mass is 16.5. The summed E-state index contributed by atoms with van der Waals surface area (Å²) in [7, 11) is 0. The number of likely N-dealkylation sites (tertiary alicyclic amines) is 1. The molecule has 2 heterocycles. The number of urea groups is 1. The van der Waals surface area contributed by atoms with Crippen LogP contribution in [-0.4, -0.2) is 59.5 Å². The summed E-state index contributed by atoms with van der Waals surface area (Å²) in [5.74, 6) is 0.546. The van der Waals surface area contributed by atoms with Gasteiger partial charge in [-0.3, -0.25) is 4.79 Å². The number of carbonyl (C=O) groups is 2. The number of nitrogens with zero attached hydrogens (tertiary/aromatic N) is 3. The topological polar surface area (TPSA) is 74.8 Å². The maximum atomic E-state index is 12.5. The number of carbonyl (C=O) groups excluding carboxylic acids is 2. The molecule has 0 bridgehead atoms. The van der Waals surface area contributed by atoms with Crippen LogP contribution in [0.4, 0.5) is 4.79 Å². The zero-order chi connectivity index (χ0) is 18.9. The Balaban J connectivity index is 1.83. The summed E-state index contributed by atoms with van der Waals surface area (Å²) in [5, 5.41) is 2.98. The second-order valence-corrected chi connectivity index (χ2v) is 6.33. The predicted molar refractivity (Wildman–Crippen MR) is 99.9 cm³/mol. The molecular weight excluding hydrogens is 332 g/mol. The van der Waals surface area contributed by atoms with Gasteiger partial charge >= 0.3 is 6.03 Å². The van der Waals surface area contributed by atoms with E-state index in [1.807, 2.05) is 42.7 Å². The molecule has 144 valence electrons. The van der Waals surface area contributed by atoms with Gasteiger partial charge in [0.1, 0.15) is 0 Å². The van der Waals surface area contributed by atoms with E-state index in [2.05, 4.69) is 10.3 Å². The van der Waals surface area contributed by atoms with Crippen LogP contribution in [0.5, 0.6) is 5.88 Å². The smallest absolute Gasteiger partial charge is 0.319 e. The summed E-state index contributed by atoms with van der Waals surface area (Å²) < 4.78 is 5.49. The molecule has 7 nitrogen and oxygen atoms in total. The van der Waals surface area contributed by atoms with Crippen LogP contribution in [0.1, 0.15) is 39.2 Å². The summed E-state index contributed by atoms with van der Waals surface area (Å²) in [4.78, 5) is 32.7. The molecule has 1 aromatic heterocycles. The molecule has 0 radical (unpaired) electrons. The quantitative estimate of drug-likeness (QED) is 0.807. The predicted octanol–water partition coefficient (Wildman–Crippen LogP) is 2.27. The minimum absolute atomic E-state index is 0.0336. The van der Waals surface area contributed by atoms with Gasteiger partial charge in [-0.05, 0) is 39.7 Å². The zero-order valence-electron chi connectivity index (χ0n) is 16.0. The van der Waals surface area contributed by atoms with Gasteiger partial charge in [-0.2, -0.15) is 0 Å². The number of hydrogen-bond acceptors (Lipinski definition) is 4. The van der Waals surface area contributed by atoms with E-state index < -0.39 is 0 Å². The minimum Gasteiger partial charge on any atom is -0.478 e. The first kappa shape index (κ1) is 20.0. The maximum absolute atomic E-state index is 12.5. The van der Waals surface area contributed by atoms with E-state index in [4.69, 9.17) is 4.74 Å². The SMILES string of the molecule is CCOc1ncccc1CNC(=O)C1CCN(C(=O)N(CC)CC)CC1. The molecule has 0 aromatic carbocycles. The highest BCUT2D eigenvalue weighted by Crippen LogP contribution is 2.19. The van der Waals surface area contributed by atoms with Crippen LogP contribution in [0.25, 0.3) is 0 Å². The molecule has 0 saturated carbocycles. The highest BCUT2D eigenvalue weighted by Gasteiger charge is 2.28. The van der Waals surface area contributed by atoms with Crippen LogP contribution in [0.2, 0.25) is 0 Å². The molecule has 0 spiro atoms. The average molecular weight is 362 g/mol. The van der Waals surface area contributed by atoms with Gasteiger partial charge in [-0.15, -0.1) is 0 Å². The van der Waals surface area contributed by atoms with Gasteiger partial charge in [-0.25, -0.2) is 9.78 Å². The van der Waals surface area contributed by atoms with Crippen molar-refractivity contribution in [1.82, 2.24) is 20.1 Å². The molecule has 7 heteroatoms. The number of nitrogens with one attached hydrogen (secondary N) is 1. The van der Waals surface area contributed by atoms with E-state index in [1.165, 1.54) is 0 Å². The number of hydrogen-bond donors (Lipinski definition) is 1. The van der Waals surface area contributed by atoms with E-state index in [9.17, 15) is 9.59 Å². The molecular formula is C19H30N4O3. The first-order chi connectivity index (χ1) is 12.6. The Hall–Kier alpha value is -2.31. The Morgan fingerprint density at radius 2 is 1.96 bits per heavy atom. The molecule has 0 unspecified atom stereocenters. The minimum atomic E-state index is -0.0528. The van der Waals surface area contributed by atoms with Crippen molar-refractivity contribution in [2.24, 2.45) is 5.92 Å².